The summed E-state index contributed by atoms with van der Waals surface area (Å²) in [6, 6.07) is 14.9. The zero-order valence-corrected chi connectivity index (χ0v) is 20.0. The summed E-state index contributed by atoms with van der Waals surface area (Å²) in [7, 11) is 0. The van der Waals surface area contributed by atoms with E-state index in [0.717, 1.165) is 40.7 Å². The minimum atomic E-state index is -0.955. The normalized spacial score (nSPS) is 19.5. The number of hydrogen-bond donors (Lipinski definition) is 3. The van der Waals surface area contributed by atoms with Gasteiger partial charge in [-0.2, -0.15) is 0 Å². The lowest BCUT2D eigenvalue weighted by Gasteiger charge is -2.23. The van der Waals surface area contributed by atoms with Crippen molar-refractivity contribution in [2.75, 3.05) is 6.61 Å². The molecule has 0 aliphatic heterocycles. The molecular formula is C28H32N2O5. The van der Waals surface area contributed by atoms with E-state index in [1.165, 1.54) is 0 Å². The number of fused-ring (bicyclic) bond motifs is 3. The summed E-state index contributed by atoms with van der Waals surface area (Å²) in [5.74, 6) is -2.12. The van der Waals surface area contributed by atoms with Gasteiger partial charge in [0, 0.05) is 12.0 Å². The van der Waals surface area contributed by atoms with Crippen LogP contribution in [0.1, 0.15) is 56.1 Å². The Morgan fingerprint density at radius 2 is 1.69 bits per heavy atom. The van der Waals surface area contributed by atoms with Gasteiger partial charge in [-0.1, -0.05) is 80.4 Å². The Hall–Kier alpha value is -3.61. The number of carboxylic acid groups (broad SMARTS) is 1. The first-order valence-corrected chi connectivity index (χ1v) is 12.2. The lowest BCUT2D eigenvalue weighted by atomic mass is 9.98. The molecule has 2 aliphatic rings. The van der Waals surface area contributed by atoms with Crippen molar-refractivity contribution in [2.24, 2.45) is 5.92 Å². The number of hydrogen-bond acceptors (Lipinski definition) is 4. The highest BCUT2D eigenvalue weighted by Crippen LogP contribution is 2.44. The van der Waals surface area contributed by atoms with Crippen LogP contribution in [-0.2, 0) is 14.3 Å². The third kappa shape index (κ3) is 5.39. The monoisotopic (exact) mass is 476 g/mol. The van der Waals surface area contributed by atoms with Gasteiger partial charge < -0.3 is 20.5 Å². The van der Waals surface area contributed by atoms with Crippen LogP contribution in [0.4, 0.5) is 4.79 Å². The molecule has 2 aromatic rings. The van der Waals surface area contributed by atoms with Crippen molar-refractivity contribution in [3.63, 3.8) is 0 Å². The van der Waals surface area contributed by atoms with Crippen LogP contribution in [0, 0.1) is 5.92 Å². The van der Waals surface area contributed by atoms with E-state index in [0.29, 0.717) is 19.3 Å². The Balaban J connectivity index is 1.40. The Kier molecular flexibility index (Phi) is 7.54. The summed E-state index contributed by atoms with van der Waals surface area (Å²) in [6.07, 6.45) is 2.15. The molecule has 0 saturated heterocycles. The maximum atomic E-state index is 13.0. The highest BCUT2D eigenvalue weighted by atomic mass is 16.5. The maximum absolute atomic E-state index is 13.0. The third-order valence-electron chi connectivity index (χ3n) is 6.95. The van der Waals surface area contributed by atoms with Crippen molar-refractivity contribution in [3.05, 3.63) is 71.8 Å². The zero-order valence-electron chi connectivity index (χ0n) is 20.0. The fourth-order valence-electron chi connectivity index (χ4n) is 5.14. The van der Waals surface area contributed by atoms with E-state index in [4.69, 9.17) is 4.74 Å². The van der Waals surface area contributed by atoms with E-state index in [2.05, 4.69) is 29.3 Å². The van der Waals surface area contributed by atoms with E-state index in [1.54, 1.807) is 0 Å². The third-order valence-corrected chi connectivity index (χ3v) is 6.95. The van der Waals surface area contributed by atoms with Crippen LogP contribution in [0.5, 0.6) is 0 Å². The van der Waals surface area contributed by atoms with Gasteiger partial charge in [0.05, 0.1) is 5.92 Å². The first kappa shape index (κ1) is 24.5. The minimum absolute atomic E-state index is 0.0723. The molecule has 2 aromatic carbocycles. The van der Waals surface area contributed by atoms with Crippen LogP contribution in [0.25, 0.3) is 11.1 Å². The van der Waals surface area contributed by atoms with Crippen molar-refractivity contribution in [1.82, 2.24) is 10.6 Å². The van der Waals surface area contributed by atoms with Gasteiger partial charge >= 0.3 is 12.1 Å². The van der Waals surface area contributed by atoms with E-state index < -0.39 is 36.0 Å². The lowest BCUT2D eigenvalue weighted by Crippen LogP contribution is -2.51. The first-order chi connectivity index (χ1) is 16.9. The second-order valence-corrected chi connectivity index (χ2v) is 9.38. The van der Waals surface area contributed by atoms with Crippen molar-refractivity contribution < 1.29 is 24.2 Å². The maximum Gasteiger partial charge on any atom is 0.407 e. The summed E-state index contributed by atoms with van der Waals surface area (Å²) in [6.45, 7) is 6.04. The van der Waals surface area contributed by atoms with E-state index in [-0.39, 0.29) is 12.5 Å². The summed E-state index contributed by atoms with van der Waals surface area (Å²) >= 11 is 0. The molecule has 7 nitrogen and oxygen atoms in total. The lowest BCUT2D eigenvalue weighted by molar-refractivity contribution is -0.142. The molecule has 0 heterocycles. The number of carboxylic acids is 1. The first-order valence-electron chi connectivity index (χ1n) is 12.2. The predicted molar refractivity (Wildman–Crippen MR) is 133 cm³/mol. The molecule has 0 radical (unpaired) electrons. The van der Waals surface area contributed by atoms with E-state index >= 15 is 0 Å². The standard InChI is InChI=1S/C28H32N2O5/c1-3-4-13-24(26(31)29-25-15-17(2)14-22(25)27(32)33)30-28(34)35-16-23-20-11-7-5-9-18(20)19-10-6-8-12-21(19)23/h5-12,22-25H,2-4,13-16H2,1H3,(H,29,31)(H,30,34)(H,32,33)/t22?,24-,25?/m0/s1. The zero-order chi connectivity index (χ0) is 24.9. The molecule has 2 unspecified atom stereocenters. The molecule has 7 heteroatoms. The number of aliphatic carboxylic acids is 1. The number of unbranched alkanes of at least 4 members (excludes halogenated alkanes) is 1. The fourth-order valence-corrected chi connectivity index (χ4v) is 5.14. The minimum Gasteiger partial charge on any atom is -0.481 e. The van der Waals surface area contributed by atoms with Gasteiger partial charge in [-0.3, -0.25) is 9.59 Å². The van der Waals surface area contributed by atoms with Crippen molar-refractivity contribution >= 4 is 18.0 Å². The molecule has 2 aliphatic carbocycles. The molecule has 3 atom stereocenters. The number of ether oxygens (including phenoxy) is 1. The second kappa shape index (κ2) is 10.8. The topological polar surface area (TPSA) is 105 Å². The second-order valence-electron chi connectivity index (χ2n) is 9.38. The van der Waals surface area contributed by atoms with Crippen molar-refractivity contribution in [2.45, 2.75) is 57.0 Å². The molecule has 3 N–H and O–H groups in total. The SMILES string of the molecule is C=C1CC(NC(=O)[C@H](CCCC)NC(=O)OCC2c3ccccc3-c3ccccc32)C(C(=O)O)C1. The predicted octanol–water partition coefficient (Wildman–Crippen LogP) is 4.62. The summed E-state index contributed by atoms with van der Waals surface area (Å²) < 4.78 is 5.61. The van der Waals surface area contributed by atoms with Crippen molar-refractivity contribution in [3.8, 4) is 11.1 Å². The number of benzene rings is 2. The number of rotatable bonds is 9. The summed E-state index contributed by atoms with van der Waals surface area (Å²) in [5, 5.41) is 15.0. The van der Waals surface area contributed by atoms with Gasteiger partial charge in [-0.25, -0.2) is 4.79 Å². The van der Waals surface area contributed by atoms with Gasteiger partial charge in [0.15, 0.2) is 0 Å². The molecule has 35 heavy (non-hydrogen) atoms. The average Bonchev–Trinajstić information content (AvgIpc) is 3.37. The summed E-state index contributed by atoms with van der Waals surface area (Å²) in [5.41, 5.74) is 5.31. The number of alkyl carbamates (subject to hydrolysis) is 1. The molecule has 0 spiro atoms. The van der Waals surface area contributed by atoms with Gasteiger partial charge in [-0.05, 0) is 41.5 Å². The summed E-state index contributed by atoms with van der Waals surface area (Å²) in [4.78, 5) is 37.3. The quantitative estimate of drug-likeness (QED) is 0.458. The van der Waals surface area contributed by atoms with E-state index in [1.807, 2.05) is 43.3 Å². The van der Waals surface area contributed by atoms with E-state index in [9.17, 15) is 19.5 Å². The number of nitrogens with one attached hydrogen (secondary N) is 2. The van der Waals surface area contributed by atoms with Gasteiger partial charge in [-0.15, -0.1) is 0 Å². The van der Waals surface area contributed by atoms with Gasteiger partial charge in [0.2, 0.25) is 5.91 Å². The van der Waals surface area contributed by atoms with Crippen molar-refractivity contribution in [1.29, 1.82) is 0 Å². The highest BCUT2D eigenvalue weighted by molar-refractivity contribution is 5.86. The number of carbonyl (C=O) groups is 3. The molecule has 2 amide bonds. The van der Waals surface area contributed by atoms with Crippen LogP contribution in [0.3, 0.4) is 0 Å². The Morgan fingerprint density at radius 1 is 1.06 bits per heavy atom. The number of carbonyl (C=O) groups excluding carboxylic acids is 2. The number of amides is 2. The highest BCUT2D eigenvalue weighted by Gasteiger charge is 2.37. The fraction of sp³-hybridized carbons (Fsp3) is 0.393. The van der Waals surface area contributed by atoms with Crippen LogP contribution in [-0.4, -0.2) is 41.8 Å². The molecule has 1 fully saturated rings. The van der Waals surface area contributed by atoms with Gasteiger partial charge in [0.25, 0.3) is 0 Å². The van der Waals surface area contributed by atoms with Crippen LogP contribution in [0.15, 0.2) is 60.7 Å². The van der Waals surface area contributed by atoms with Crippen LogP contribution >= 0.6 is 0 Å². The smallest absolute Gasteiger partial charge is 0.407 e. The molecular weight excluding hydrogens is 444 g/mol. The largest absolute Gasteiger partial charge is 0.481 e. The van der Waals surface area contributed by atoms with Crippen LogP contribution < -0.4 is 10.6 Å². The van der Waals surface area contributed by atoms with Crippen LogP contribution in [0.2, 0.25) is 0 Å². The molecule has 1 saturated carbocycles. The molecule has 0 aromatic heterocycles. The molecule has 184 valence electrons. The Labute approximate surface area is 205 Å². The Morgan fingerprint density at radius 3 is 2.29 bits per heavy atom. The Bertz CT molecular complexity index is 1080. The average molecular weight is 477 g/mol. The molecule has 0 bridgehead atoms. The molecule has 4 rings (SSSR count). The van der Waals surface area contributed by atoms with Gasteiger partial charge in [0.1, 0.15) is 12.6 Å².